The molecule has 0 bridgehead atoms. The molecule has 0 spiro atoms. The van der Waals surface area contributed by atoms with Crippen molar-refractivity contribution in [2.24, 2.45) is 11.7 Å². The summed E-state index contributed by atoms with van der Waals surface area (Å²) < 4.78 is 0. The van der Waals surface area contributed by atoms with E-state index in [1.165, 1.54) is 0 Å². The summed E-state index contributed by atoms with van der Waals surface area (Å²) in [7, 11) is 0. The second-order valence-corrected chi connectivity index (χ2v) is 6.49. The number of fused-ring (bicyclic) bond motifs is 1. The topological polar surface area (TPSA) is 84.2 Å². The largest absolute Gasteiger partial charge is 0.326 e. The Labute approximate surface area is 147 Å². The minimum Gasteiger partial charge on any atom is -0.326 e. The van der Waals surface area contributed by atoms with Gasteiger partial charge in [0.2, 0.25) is 11.8 Å². The van der Waals surface area contributed by atoms with Gasteiger partial charge in [-0.15, -0.1) is 0 Å². The zero-order valence-corrected chi connectivity index (χ0v) is 14.3. The van der Waals surface area contributed by atoms with Gasteiger partial charge in [0, 0.05) is 23.8 Å². The highest BCUT2D eigenvalue weighted by Gasteiger charge is 2.22. The van der Waals surface area contributed by atoms with Crippen LogP contribution >= 0.6 is 0 Å². The van der Waals surface area contributed by atoms with Crippen molar-refractivity contribution >= 4 is 23.2 Å². The van der Waals surface area contributed by atoms with E-state index in [4.69, 9.17) is 5.73 Å². The lowest BCUT2D eigenvalue weighted by Gasteiger charge is -2.20. The highest BCUT2D eigenvalue weighted by molar-refractivity contribution is 5.95. The first kappa shape index (κ1) is 17.2. The van der Waals surface area contributed by atoms with Crippen molar-refractivity contribution in [1.29, 1.82) is 0 Å². The van der Waals surface area contributed by atoms with Gasteiger partial charge in [0.25, 0.3) is 0 Å². The number of nitrogens with two attached hydrogens (primary N) is 1. The molecule has 2 unspecified atom stereocenters. The summed E-state index contributed by atoms with van der Waals surface area (Å²) in [6.07, 6.45) is 2.15. The average molecular weight is 337 g/mol. The molecule has 1 aliphatic rings. The van der Waals surface area contributed by atoms with Gasteiger partial charge < -0.3 is 16.4 Å². The van der Waals surface area contributed by atoms with Crippen molar-refractivity contribution in [1.82, 2.24) is 0 Å². The summed E-state index contributed by atoms with van der Waals surface area (Å²) in [6, 6.07) is 14.8. The lowest BCUT2D eigenvalue weighted by molar-refractivity contribution is -0.120. The van der Waals surface area contributed by atoms with Crippen LogP contribution < -0.4 is 16.4 Å². The summed E-state index contributed by atoms with van der Waals surface area (Å²) in [5, 5.41) is 5.84. The number of hydrogen-bond donors (Lipinski definition) is 3. The molecule has 1 heterocycles. The number of carbonyl (C=O) groups excluding carboxylic acids is 2. The molecule has 3 rings (SSSR count). The normalized spacial score (nSPS) is 16.2. The maximum absolute atomic E-state index is 12.6. The molecule has 4 N–H and O–H groups in total. The fourth-order valence-corrected chi connectivity index (χ4v) is 3.04. The van der Waals surface area contributed by atoms with E-state index < -0.39 is 0 Å². The first-order valence-corrected chi connectivity index (χ1v) is 8.59. The summed E-state index contributed by atoms with van der Waals surface area (Å²) in [5.74, 6) is -0.437. The molecule has 2 aromatic rings. The molecule has 0 radical (unpaired) electrons. The molecule has 130 valence electrons. The van der Waals surface area contributed by atoms with E-state index in [0.717, 1.165) is 35.3 Å². The van der Waals surface area contributed by atoms with E-state index in [-0.39, 0.29) is 23.8 Å². The molecule has 25 heavy (non-hydrogen) atoms. The number of hydrogen-bond acceptors (Lipinski definition) is 3. The lowest BCUT2D eigenvalue weighted by Crippen LogP contribution is -2.30. The molecule has 0 aliphatic carbocycles. The van der Waals surface area contributed by atoms with Crippen LogP contribution in [0.3, 0.4) is 0 Å². The number of aryl methyl sites for hydroxylation is 1. The van der Waals surface area contributed by atoms with Gasteiger partial charge in [0.05, 0.1) is 5.92 Å². The molecule has 2 aromatic carbocycles. The number of anilines is 2. The van der Waals surface area contributed by atoms with E-state index in [2.05, 4.69) is 10.6 Å². The van der Waals surface area contributed by atoms with E-state index in [9.17, 15) is 9.59 Å². The van der Waals surface area contributed by atoms with Gasteiger partial charge in [0.15, 0.2) is 0 Å². The van der Waals surface area contributed by atoms with Crippen LogP contribution in [0.1, 0.15) is 36.9 Å². The van der Waals surface area contributed by atoms with Crippen molar-refractivity contribution in [3.05, 3.63) is 59.7 Å². The second kappa shape index (κ2) is 7.49. The van der Waals surface area contributed by atoms with Gasteiger partial charge in [-0.1, -0.05) is 37.3 Å². The third-order valence-electron chi connectivity index (χ3n) is 4.63. The molecule has 5 heteroatoms. The van der Waals surface area contributed by atoms with E-state index in [1.54, 1.807) is 0 Å². The smallest absolute Gasteiger partial charge is 0.229 e. The van der Waals surface area contributed by atoms with Gasteiger partial charge in [0.1, 0.15) is 0 Å². The van der Waals surface area contributed by atoms with Gasteiger partial charge in [-0.05, 0) is 42.2 Å². The SMILES string of the molecule is CC(C(=O)Nc1ccc2c(c1)CCCC(=O)N2)C(N)c1ccccc1. The fourth-order valence-electron chi connectivity index (χ4n) is 3.04. The third kappa shape index (κ3) is 4.06. The Morgan fingerprint density at radius 2 is 1.92 bits per heavy atom. The number of amides is 2. The molecule has 5 nitrogen and oxygen atoms in total. The molecule has 2 atom stereocenters. The molecule has 0 saturated carbocycles. The van der Waals surface area contributed by atoms with Crippen LogP contribution in [0, 0.1) is 5.92 Å². The average Bonchev–Trinajstić information content (AvgIpc) is 2.81. The quantitative estimate of drug-likeness (QED) is 0.801. The van der Waals surface area contributed by atoms with Crippen LogP contribution in [0.4, 0.5) is 11.4 Å². The maximum Gasteiger partial charge on any atom is 0.229 e. The van der Waals surface area contributed by atoms with Crippen molar-refractivity contribution in [3.63, 3.8) is 0 Å². The highest BCUT2D eigenvalue weighted by atomic mass is 16.2. The van der Waals surface area contributed by atoms with Crippen LogP contribution in [-0.2, 0) is 16.0 Å². The molecule has 0 saturated heterocycles. The van der Waals surface area contributed by atoms with E-state index in [1.807, 2.05) is 55.5 Å². The molecular formula is C20H23N3O2. The molecule has 1 aliphatic heterocycles. The van der Waals surface area contributed by atoms with Crippen molar-refractivity contribution < 1.29 is 9.59 Å². The second-order valence-electron chi connectivity index (χ2n) is 6.49. The van der Waals surface area contributed by atoms with Crippen LogP contribution in [0.25, 0.3) is 0 Å². The zero-order chi connectivity index (χ0) is 17.8. The van der Waals surface area contributed by atoms with Crippen LogP contribution in [0.2, 0.25) is 0 Å². The van der Waals surface area contributed by atoms with Crippen LogP contribution in [0.5, 0.6) is 0 Å². The third-order valence-corrected chi connectivity index (χ3v) is 4.63. The van der Waals surface area contributed by atoms with Crippen LogP contribution in [-0.4, -0.2) is 11.8 Å². The monoisotopic (exact) mass is 337 g/mol. The van der Waals surface area contributed by atoms with Gasteiger partial charge in [-0.25, -0.2) is 0 Å². The molecule has 2 amide bonds. The summed E-state index contributed by atoms with van der Waals surface area (Å²) in [4.78, 5) is 24.2. The first-order chi connectivity index (χ1) is 12.0. The van der Waals surface area contributed by atoms with Gasteiger partial charge >= 0.3 is 0 Å². The Morgan fingerprint density at radius 3 is 2.68 bits per heavy atom. The summed E-state index contributed by atoms with van der Waals surface area (Å²) >= 11 is 0. The number of carbonyl (C=O) groups is 2. The Bertz CT molecular complexity index is 774. The Hall–Kier alpha value is -2.66. The standard InChI is InChI=1S/C20H23N3O2/c1-13(19(21)14-6-3-2-4-7-14)20(25)22-16-10-11-17-15(12-16)8-5-9-18(24)23-17/h2-4,6-7,10-13,19H,5,8-9,21H2,1H3,(H,22,25)(H,23,24). The predicted octanol–water partition coefficient (Wildman–Crippen LogP) is 3.24. The van der Waals surface area contributed by atoms with E-state index >= 15 is 0 Å². The molecular weight excluding hydrogens is 314 g/mol. The minimum absolute atomic E-state index is 0.0398. The fraction of sp³-hybridized carbons (Fsp3) is 0.300. The predicted molar refractivity (Wildman–Crippen MR) is 99.2 cm³/mol. The molecule has 0 aromatic heterocycles. The molecule has 0 fully saturated rings. The summed E-state index contributed by atoms with van der Waals surface area (Å²) in [5.41, 5.74) is 9.77. The van der Waals surface area contributed by atoms with Gasteiger partial charge in [-0.2, -0.15) is 0 Å². The van der Waals surface area contributed by atoms with E-state index in [0.29, 0.717) is 6.42 Å². The summed E-state index contributed by atoms with van der Waals surface area (Å²) in [6.45, 7) is 1.83. The number of nitrogens with one attached hydrogen (secondary N) is 2. The van der Waals surface area contributed by atoms with Crippen molar-refractivity contribution in [3.8, 4) is 0 Å². The number of rotatable bonds is 4. The number of benzene rings is 2. The van der Waals surface area contributed by atoms with Gasteiger partial charge in [-0.3, -0.25) is 9.59 Å². The highest BCUT2D eigenvalue weighted by Crippen LogP contribution is 2.26. The van der Waals surface area contributed by atoms with Crippen molar-refractivity contribution in [2.45, 2.75) is 32.2 Å². The minimum atomic E-state index is -0.360. The van der Waals surface area contributed by atoms with Crippen LogP contribution in [0.15, 0.2) is 48.5 Å². The zero-order valence-electron chi connectivity index (χ0n) is 14.3. The lowest BCUT2D eigenvalue weighted by atomic mass is 9.94. The first-order valence-electron chi connectivity index (χ1n) is 8.59. The Kier molecular flexibility index (Phi) is 5.14. The maximum atomic E-state index is 12.6. The van der Waals surface area contributed by atoms with Crippen molar-refractivity contribution in [2.75, 3.05) is 10.6 Å². The Balaban J connectivity index is 1.70. The Morgan fingerprint density at radius 1 is 1.16 bits per heavy atom.